The number of cyclic esters (lactones) is 1. The second kappa shape index (κ2) is 7.07. The highest BCUT2D eigenvalue weighted by Crippen LogP contribution is 2.35. The van der Waals surface area contributed by atoms with E-state index in [1.165, 1.54) is 0 Å². The number of amides is 1. The molecule has 0 radical (unpaired) electrons. The Hall–Kier alpha value is -3.02. The van der Waals surface area contributed by atoms with Crippen LogP contribution < -0.4 is 9.64 Å². The molecule has 1 aliphatic heterocycles. The van der Waals surface area contributed by atoms with Crippen molar-refractivity contribution in [3.63, 3.8) is 0 Å². The minimum absolute atomic E-state index is 0.0724. The lowest BCUT2D eigenvalue weighted by molar-refractivity contribution is 0.129. The number of nitrogens with one attached hydrogen (secondary N) is 1. The van der Waals surface area contributed by atoms with E-state index in [1.807, 2.05) is 42.5 Å². The zero-order chi connectivity index (χ0) is 17.9. The van der Waals surface area contributed by atoms with Gasteiger partial charge in [0, 0.05) is 12.1 Å². The summed E-state index contributed by atoms with van der Waals surface area (Å²) in [6.45, 7) is 3.20. The van der Waals surface area contributed by atoms with Crippen molar-refractivity contribution in [2.24, 2.45) is 0 Å². The lowest BCUT2D eigenvalue weighted by Gasteiger charge is -2.35. The molecule has 0 saturated carbocycles. The van der Waals surface area contributed by atoms with Crippen molar-refractivity contribution >= 4 is 22.8 Å². The van der Waals surface area contributed by atoms with Crippen LogP contribution in [0.3, 0.4) is 0 Å². The van der Waals surface area contributed by atoms with Crippen molar-refractivity contribution in [2.45, 2.75) is 25.8 Å². The van der Waals surface area contributed by atoms with E-state index in [0.29, 0.717) is 13.2 Å². The first-order valence-corrected chi connectivity index (χ1v) is 8.88. The van der Waals surface area contributed by atoms with E-state index in [1.54, 1.807) is 11.2 Å². The van der Waals surface area contributed by atoms with Crippen LogP contribution in [0.1, 0.15) is 31.4 Å². The number of carbonyl (C=O) groups excluding carboxylic acids is 1. The van der Waals surface area contributed by atoms with Gasteiger partial charge in [-0.05, 0) is 42.3 Å². The number of fused-ring (bicyclic) bond motifs is 1. The molecule has 26 heavy (non-hydrogen) atoms. The highest BCUT2D eigenvalue weighted by molar-refractivity contribution is 5.92. The molecule has 1 atom stereocenters. The van der Waals surface area contributed by atoms with Gasteiger partial charge in [0.25, 0.3) is 0 Å². The van der Waals surface area contributed by atoms with Crippen LogP contribution >= 0.6 is 0 Å². The number of carbonyl (C=O) groups is 1. The molecule has 3 aromatic rings. The Morgan fingerprint density at radius 1 is 1.27 bits per heavy atom. The first-order valence-electron chi connectivity index (χ1n) is 8.88. The quantitative estimate of drug-likeness (QED) is 0.738. The zero-order valence-corrected chi connectivity index (χ0v) is 14.6. The van der Waals surface area contributed by atoms with E-state index < -0.39 is 0 Å². The smallest absolute Gasteiger partial charge is 0.414 e. The largest absolute Gasteiger partial charge is 0.494 e. The fourth-order valence-electron chi connectivity index (χ4n) is 3.26. The molecule has 1 N–H and O–H groups in total. The molecule has 2 aromatic carbocycles. The molecule has 6 nitrogen and oxygen atoms in total. The number of imidazole rings is 1. The molecule has 134 valence electrons. The Balaban J connectivity index is 1.65. The van der Waals surface area contributed by atoms with Gasteiger partial charge >= 0.3 is 6.09 Å². The minimum atomic E-state index is -0.327. The predicted molar refractivity (Wildman–Crippen MR) is 99.5 cm³/mol. The summed E-state index contributed by atoms with van der Waals surface area (Å²) in [6.07, 6.45) is 3.03. The molecule has 1 unspecified atom stereocenters. The van der Waals surface area contributed by atoms with Crippen molar-refractivity contribution < 1.29 is 14.3 Å². The summed E-state index contributed by atoms with van der Waals surface area (Å²) in [5.74, 6) is 0.847. The third kappa shape index (κ3) is 3.10. The summed E-state index contributed by atoms with van der Waals surface area (Å²) in [4.78, 5) is 21.5. The molecule has 1 aliphatic rings. The van der Waals surface area contributed by atoms with Gasteiger partial charge in [-0.1, -0.05) is 19.1 Å². The first-order chi connectivity index (χ1) is 12.8. The fraction of sp³-hybridized carbons (Fsp3) is 0.300. The Kier molecular flexibility index (Phi) is 4.48. The van der Waals surface area contributed by atoms with Crippen LogP contribution in [0.4, 0.5) is 10.5 Å². The number of aromatic amines is 1. The van der Waals surface area contributed by atoms with Gasteiger partial charge in [-0.25, -0.2) is 9.78 Å². The number of nitrogens with zero attached hydrogens (tertiary/aromatic N) is 2. The van der Waals surface area contributed by atoms with Crippen molar-refractivity contribution in [2.75, 3.05) is 18.1 Å². The Labute approximate surface area is 151 Å². The second-order valence-electron chi connectivity index (χ2n) is 6.31. The van der Waals surface area contributed by atoms with Gasteiger partial charge in [0.15, 0.2) is 0 Å². The van der Waals surface area contributed by atoms with Gasteiger partial charge < -0.3 is 14.5 Å². The molecule has 0 spiro atoms. The van der Waals surface area contributed by atoms with E-state index in [2.05, 4.69) is 16.9 Å². The minimum Gasteiger partial charge on any atom is -0.494 e. The van der Waals surface area contributed by atoms with Gasteiger partial charge in [-0.3, -0.25) is 4.90 Å². The number of rotatable bonds is 5. The van der Waals surface area contributed by atoms with Crippen molar-refractivity contribution in [3.05, 3.63) is 54.4 Å². The topological polar surface area (TPSA) is 67.5 Å². The van der Waals surface area contributed by atoms with Gasteiger partial charge in [0.05, 0.1) is 36.6 Å². The van der Waals surface area contributed by atoms with Crippen molar-refractivity contribution in [1.29, 1.82) is 0 Å². The van der Waals surface area contributed by atoms with Crippen LogP contribution in [0.2, 0.25) is 0 Å². The van der Waals surface area contributed by atoms with Gasteiger partial charge in [-0.2, -0.15) is 0 Å². The van der Waals surface area contributed by atoms with E-state index in [0.717, 1.165) is 40.9 Å². The number of hydrogen-bond donors (Lipinski definition) is 1. The Bertz CT molecular complexity index is 904. The maximum Gasteiger partial charge on any atom is 0.414 e. The first kappa shape index (κ1) is 16.4. The SMILES string of the molecule is CCCOc1ccc(C2CCOC(=O)N2c2ccc3nc[nH]c3c2)cc1. The van der Waals surface area contributed by atoms with E-state index >= 15 is 0 Å². The van der Waals surface area contributed by atoms with Gasteiger partial charge in [-0.15, -0.1) is 0 Å². The summed E-state index contributed by atoms with van der Waals surface area (Å²) >= 11 is 0. The Morgan fingerprint density at radius 2 is 2.12 bits per heavy atom. The highest BCUT2D eigenvalue weighted by Gasteiger charge is 2.32. The average Bonchev–Trinajstić information content (AvgIpc) is 3.14. The molecule has 1 amide bonds. The molecule has 1 saturated heterocycles. The standard InChI is InChI=1S/C20H21N3O3/c1-2-10-25-16-6-3-14(4-7-16)19-9-11-26-20(24)23(19)15-5-8-17-18(12-15)22-13-21-17/h3-8,12-13,19H,2,9-11H2,1H3,(H,21,22). The lowest BCUT2D eigenvalue weighted by atomic mass is 10.0. The summed E-state index contributed by atoms with van der Waals surface area (Å²) in [6, 6.07) is 13.6. The second-order valence-corrected chi connectivity index (χ2v) is 6.31. The zero-order valence-electron chi connectivity index (χ0n) is 14.6. The molecule has 6 heteroatoms. The van der Waals surface area contributed by atoms with Crippen molar-refractivity contribution in [3.8, 4) is 5.75 Å². The van der Waals surface area contributed by atoms with Crippen LogP contribution in [-0.2, 0) is 4.74 Å². The Morgan fingerprint density at radius 3 is 2.92 bits per heavy atom. The highest BCUT2D eigenvalue weighted by atomic mass is 16.6. The maximum absolute atomic E-state index is 12.5. The fourth-order valence-corrected chi connectivity index (χ4v) is 3.26. The normalized spacial score (nSPS) is 17.3. The molecule has 2 heterocycles. The number of ether oxygens (including phenoxy) is 2. The predicted octanol–water partition coefficient (Wildman–Crippen LogP) is 4.44. The molecule has 1 aromatic heterocycles. The summed E-state index contributed by atoms with van der Waals surface area (Å²) < 4.78 is 11.0. The molecular formula is C20H21N3O3. The number of H-pyrrole nitrogens is 1. The number of benzene rings is 2. The van der Waals surface area contributed by atoms with Gasteiger partial charge in [0.2, 0.25) is 0 Å². The van der Waals surface area contributed by atoms with E-state index in [-0.39, 0.29) is 12.1 Å². The molecule has 0 aliphatic carbocycles. The monoisotopic (exact) mass is 351 g/mol. The van der Waals surface area contributed by atoms with Crippen LogP contribution in [-0.4, -0.2) is 29.3 Å². The van der Waals surface area contributed by atoms with E-state index in [4.69, 9.17) is 9.47 Å². The van der Waals surface area contributed by atoms with Crippen LogP contribution in [0.5, 0.6) is 5.75 Å². The van der Waals surface area contributed by atoms with Gasteiger partial charge in [0.1, 0.15) is 5.75 Å². The average molecular weight is 351 g/mol. The van der Waals surface area contributed by atoms with Crippen molar-refractivity contribution in [1.82, 2.24) is 9.97 Å². The number of hydrogen-bond acceptors (Lipinski definition) is 4. The number of aromatic nitrogens is 2. The van der Waals surface area contributed by atoms with Crippen LogP contribution in [0.25, 0.3) is 11.0 Å². The third-order valence-electron chi connectivity index (χ3n) is 4.54. The third-order valence-corrected chi connectivity index (χ3v) is 4.54. The summed E-state index contributed by atoms with van der Waals surface area (Å²) in [5, 5.41) is 0. The van der Waals surface area contributed by atoms with E-state index in [9.17, 15) is 4.79 Å². The molecular weight excluding hydrogens is 330 g/mol. The summed E-state index contributed by atoms with van der Waals surface area (Å²) in [7, 11) is 0. The molecule has 0 bridgehead atoms. The summed E-state index contributed by atoms with van der Waals surface area (Å²) in [5.41, 5.74) is 3.62. The van der Waals surface area contributed by atoms with Crippen LogP contribution in [0, 0.1) is 0 Å². The lowest BCUT2D eigenvalue weighted by Crippen LogP contribution is -2.40. The number of anilines is 1. The molecule has 4 rings (SSSR count). The van der Waals surface area contributed by atoms with Crippen LogP contribution in [0.15, 0.2) is 48.8 Å². The maximum atomic E-state index is 12.5. The molecule has 1 fully saturated rings.